The molecule has 0 saturated heterocycles. The Morgan fingerprint density at radius 1 is 1.45 bits per heavy atom. The molecule has 5 nitrogen and oxygen atoms in total. The van der Waals surface area contributed by atoms with Gasteiger partial charge in [-0.15, -0.1) is 0 Å². The summed E-state index contributed by atoms with van der Waals surface area (Å²) >= 11 is 2.91. The molecule has 0 aliphatic rings. The maximum atomic E-state index is 13.1. The number of halogens is 4. The van der Waals surface area contributed by atoms with E-state index in [1.165, 1.54) is 18.2 Å². The Hall–Kier alpha value is -0.780. The van der Waals surface area contributed by atoms with Crippen molar-refractivity contribution in [3.63, 3.8) is 0 Å². The standard InChI is InChI=1S/C11H10BrF3N2O3S2/c12-11(14,15)9(13)3-4-21-10-17-7-5-6(22(16,18)19)1-2-8(7)20-10/h1-2,5,9H,3-4H2,(H2,16,18,19). The van der Waals surface area contributed by atoms with Crippen LogP contribution in [-0.2, 0) is 10.0 Å². The summed E-state index contributed by atoms with van der Waals surface area (Å²) in [5.41, 5.74) is 0.578. The van der Waals surface area contributed by atoms with Gasteiger partial charge in [0, 0.05) is 5.75 Å². The molecule has 0 radical (unpaired) electrons. The van der Waals surface area contributed by atoms with E-state index in [1.54, 1.807) is 0 Å². The zero-order chi connectivity index (χ0) is 16.5. The highest BCUT2D eigenvalue weighted by molar-refractivity contribution is 9.10. The van der Waals surface area contributed by atoms with Gasteiger partial charge >= 0.3 is 4.83 Å². The van der Waals surface area contributed by atoms with Gasteiger partial charge in [0.25, 0.3) is 5.22 Å². The lowest BCUT2D eigenvalue weighted by Crippen LogP contribution is -2.22. The highest BCUT2D eigenvalue weighted by Crippen LogP contribution is 2.32. The van der Waals surface area contributed by atoms with Crippen LogP contribution in [0.1, 0.15) is 6.42 Å². The predicted molar refractivity (Wildman–Crippen MR) is 79.5 cm³/mol. The average Bonchev–Trinajstić information content (AvgIpc) is 2.77. The molecule has 2 N–H and O–H groups in total. The first-order valence-electron chi connectivity index (χ1n) is 5.84. The van der Waals surface area contributed by atoms with Gasteiger partial charge in [-0.25, -0.2) is 22.9 Å². The summed E-state index contributed by atoms with van der Waals surface area (Å²) < 4.78 is 66.0. The number of aromatic nitrogens is 1. The third-order valence-corrected chi connectivity index (χ3v) is 4.89. The van der Waals surface area contributed by atoms with E-state index in [0.29, 0.717) is 5.58 Å². The van der Waals surface area contributed by atoms with Crippen molar-refractivity contribution in [3.05, 3.63) is 18.2 Å². The molecule has 2 aromatic rings. The summed E-state index contributed by atoms with van der Waals surface area (Å²) in [4.78, 5) is 0.312. The van der Waals surface area contributed by atoms with Crippen molar-refractivity contribution in [2.24, 2.45) is 5.14 Å². The highest BCUT2D eigenvalue weighted by atomic mass is 79.9. The molecule has 0 amide bonds. The van der Waals surface area contributed by atoms with Crippen LogP contribution in [0.5, 0.6) is 0 Å². The predicted octanol–water partition coefficient (Wildman–Crippen LogP) is 3.28. The lowest BCUT2D eigenvalue weighted by molar-refractivity contribution is 0.0210. The number of primary sulfonamides is 1. The van der Waals surface area contributed by atoms with E-state index in [-0.39, 0.29) is 21.4 Å². The van der Waals surface area contributed by atoms with Crippen molar-refractivity contribution >= 4 is 48.8 Å². The van der Waals surface area contributed by atoms with Crippen LogP contribution in [-0.4, -0.2) is 30.2 Å². The minimum atomic E-state index is -3.86. The molecule has 0 bridgehead atoms. The number of rotatable bonds is 6. The third-order valence-electron chi connectivity index (χ3n) is 2.62. The Balaban J connectivity index is 2.07. The van der Waals surface area contributed by atoms with Gasteiger partial charge in [-0.1, -0.05) is 11.8 Å². The van der Waals surface area contributed by atoms with E-state index in [9.17, 15) is 21.6 Å². The summed E-state index contributed by atoms with van der Waals surface area (Å²) in [5, 5.41) is 5.13. The molecular formula is C11H10BrF3N2O3S2. The number of sulfonamides is 1. The van der Waals surface area contributed by atoms with Gasteiger partial charge in [0.05, 0.1) is 4.90 Å². The van der Waals surface area contributed by atoms with Crippen LogP contribution in [0.2, 0.25) is 0 Å². The highest BCUT2D eigenvalue weighted by Gasteiger charge is 2.36. The Bertz CT molecular complexity index is 776. The van der Waals surface area contributed by atoms with Gasteiger partial charge < -0.3 is 4.42 Å². The number of hydrogen-bond donors (Lipinski definition) is 1. The molecule has 122 valence electrons. The Morgan fingerprint density at radius 2 is 2.14 bits per heavy atom. The lowest BCUT2D eigenvalue weighted by Gasteiger charge is -2.12. The molecule has 0 fully saturated rings. The molecule has 1 unspecified atom stereocenters. The summed E-state index contributed by atoms with van der Waals surface area (Å²) in [6.07, 6.45) is -2.72. The topological polar surface area (TPSA) is 86.2 Å². The first-order chi connectivity index (χ1) is 10.1. The van der Waals surface area contributed by atoms with E-state index in [0.717, 1.165) is 11.8 Å². The van der Waals surface area contributed by atoms with Crippen molar-refractivity contribution in [3.8, 4) is 0 Å². The van der Waals surface area contributed by atoms with Gasteiger partial charge in [-0.05, 0) is 40.5 Å². The van der Waals surface area contributed by atoms with Crippen LogP contribution in [0.3, 0.4) is 0 Å². The molecule has 0 spiro atoms. The number of benzene rings is 1. The van der Waals surface area contributed by atoms with E-state index in [2.05, 4.69) is 4.98 Å². The van der Waals surface area contributed by atoms with Gasteiger partial charge in [0.2, 0.25) is 10.0 Å². The molecule has 1 heterocycles. The van der Waals surface area contributed by atoms with Crippen LogP contribution in [0, 0.1) is 0 Å². The number of fused-ring (bicyclic) bond motifs is 1. The molecule has 11 heteroatoms. The molecular weight excluding hydrogens is 409 g/mol. The SMILES string of the molecule is NS(=O)(=O)c1ccc2oc(SCCC(F)C(F)(F)Br)nc2c1. The molecule has 0 aliphatic heterocycles. The minimum Gasteiger partial charge on any atom is -0.431 e. The van der Waals surface area contributed by atoms with Crippen LogP contribution in [0.15, 0.2) is 32.7 Å². The smallest absolute Gasteiger partial charge is 0.331 e. The quantitative estimate of drug-likeness (QED) is 0.574. The molecule has 1 aromatic carbocycles. The Labute approximate surface area is 136 Å². The van der Waals surface area contributed by atoms with Gasteiger partial charge in [-0.2, -0.15) is 8.78 Å². The molecule has 1 aromatic heterocycles. The fraction of sp³-hybridized carbons (Fsp3) is 0.364. The Morgan fingerprint density at radius 3 is 2.73 bits per heavy atom. The van der Waals surface area contributed by atoms with Crippen molar-refractivity contribution in [1.82, 2.24) is 4.98 Å². The van der Waals surface area contributed by atoms with Gasteiger partial charge in [0.1, 0.15) is 5.52 Å². The molecule has 1 atom stereocenters. The maximum Gasteiger partial charge on any atom is 0.331 e. The summed E-state index contributed by atoms with van der Waals surface area (Å²) in [6.45, 7) is 0. The van der Waals surface area contributed by atoms with Crippen molar-refractivity contribution < 1.29 is 26.0 Å². The number of nitrogens with two attached hydrogens (primary N) is 1. The van der Waals surface area contributed by atoms with Crippen LogP contribution in [0.4, 0.5) is 13.2 Å². The van der Waals surface area contributed by atoms with Crippen molar-refractivity contribution in [2.45, 2.75) is 27.5 Å². The number of alkyl halides is 4. The van der Waals surface area contributed by atoms with Gasteiger partial charge in [0.15, 0.2) is 11.8 Å². The van der Waals surface area contributed by atoms with E-state index in [1.807, 2.05) is 15.9 Å². The molecule has 0 saturated carbocycles. The fourth-order valence-corrected chi connectivity index (χ4v) is 3.11. The second-order valence-corrected chi connectivity index (χ2v) is 7.97. The summed E-state index contributed by atoms with van der Waals surface area (Å²) in [5.74, 6) is 0.0250. The summed E-state index contributed by atoms with van der Waals surface area (Å²) in [6, 6.07) is 3.89. The monoisotopic (exact) mass is 418 g/mol. The van der Waals surface area contributed by atoms with E-state index in [4.69, 9.17) is 9.56 Å². The number of thioether (sulfide) groups is 1. The fourth-order valence-electron chi connectivity index (χ4n) is 1.54. The van der Waals surface area contributed by atoms with E-state index < -0.39 is 27.4 Å². The normalized spacial score (nSPS) is 14.4. The second kappa shape index (κ2) is 6.38. The summed E-state index contributed by atoms with van der Waals surface area (Å²) in [7, 11) is -3.86. The van der Waals surface area contributed by atoms with E-state index >= 15 is 0 Å². The van der Waals surface area contributed by atoms with Crippen LogP contribution in [0.25, 0.3) is 11.1 Å². The van der Waals surface area contributed by atoms with Crippen molar-refractivity contribution in [2.75, 3.05) is 5.75 Å². The average molecular weight is 419 g/mol. The number of hydrogen-bond acceptors (Lipinski definition) is 5. The zero-order valence-corrected chi connectivity index (χ0v) is 14.0. The number of oxazole rings is 1. The Kier molecular flexibility index (Phi) is 5.09. The molecule has 0 aliphatic carbocycles. The largest absolute Gasteiger partial charge is 0.431 e. The number of nitrogens with zero attached hydrogens (tertiary/aromatic N) is 1. The van der Waals surface area contributed by atoms with Crippen molar-refractivity contribution in [1.29, 1.82) is 0 Å². The second-order valence-electron chi connectivity index (χ2n) is 4.30. The maximum absolute atomic E-state index is 13.1. The zero-order valence-electron chi connectivity index (χ0n) is 10.8. The van der Waals surface area contributed by atoms with Gasteiger partial charge in [-0.3, -0.25) is 0 Å². The van der Waals surface area contributed by atoms with Crippen LogP contribution < -0.4 is 5.14 Å². The van der Waals surface area contributed by atoms with Crippen LogP contribution >= 0.6 is 27.7 Å². The lowest BCUT2D eigenvalue weighted by atomic mass is 10.3. The first-order valence-corrected chi connectivity index (χ1v) is 9.17. The molecule has 2 rings (SSSR count). The third kappa shape index (κ3) is 4.37. The molecule has 22 heavy (non-hydrogen) atoms. The first kappa shape index (κ1) is 17.6. The minimum absolute atomic E-state index is 0.0250.